The topological polar surface area (TPSA) is 99.1 Å². The number of hydrogen-bond donors (Lipinski definition) is 2. The molecule has 0 spiro atoms. The number of nitrogens with one attached hydrogen (secondary N) is 2. The van der Waals surface area contributed by atoms with Crippen LogP contribution in [0, 0.1) is 18.3 Å². The Balaban J connectivity index is 2.99. The Labute approximate surface area is 106 Å². The molecular formula is C11H13N3O3S. The lowest BCUT2D eigenvalue weighted by Gasteiger charge is -2.08. The first-order chi connectivity index (χ1) is 8.40. The highest BCUT2D eigenvalue weighted by molar-refractivity contribution is 7.89. The Morgan fingerprint density at radius 3 is 2.61 bits per heavy atom. The maximum Gasteiger partial charge on any atom is 0.241 e. The fourth-order valence-electron chi connectivity index (χ4n) is 1.35. The van der Waals surface area contributed by atoms with Gasteiger partial charge >= 0.3 is 0 Å². The Hall–Kier alpha value is -1.91. The number of nitrogens with zero attached hydrogens (tertiary/aromatic N) is 1. The first-order valence-corrected chi connectivity index (χ1v) is 6.60. The van der Waals surface area contributed by atoms with Gasteiger partial charge in [0.2, 0.25) is 15.9 Å². The van der Waals surface area contributed by atoms with E-state index in [1.54, 1.807) is 6.92 Å². The van der Waals surface area contributed by atoms with Crippen molar-refractivity contribution in [2.45, 2.75) is 11.8 Å². The first kappa shape index (κ1) is 14.2. The van der Waals surface area contributed by atoms with Crippen molar-refractivity contribution >= 4 is 15.9 Å². The van der Waals surface area contributed by atoms with Gasteiger partial charge in [0.15, 0.2) is 0 Å². The molecule has 0 aromatic heterocycles. The second-order valence-corrected chi connectivity index (χ2v) is 5.33. The van der Waals surface area contributed by atoms with E-state index in [1.807, 2.05) is 6.07 Å². The average Bonchev–Trinajstić information content (AvgIpc) is 2.35. The van der Waals surface area contributed by atoms with Crippen molar-refractivity contribution in [3.63, 3.8) is 0 Å². The fourth-order valence-corrected chi connectivity index (χ4v) is 2.55. The van der Waals surface area contributed by atoms with E-state index < -0.39 is 15.9 Å². The molecule has 0 fully saturated rings. The van der Waals surface area contributed by atoms with Crippen LogP contribution in [0.15, 0.2) is 23.1 Å². The van der Waals surface area contributed by atoms with E-state index in [4.69, 9.17) is 5.26 Å². The molecule has 7 heteroatoms. The van der Waals surface area contributed by atoms with Gasteiger partial charge in [-0.05, 0) is 30.7 Å². The molecule has 0 aliphatic carbocycles. The fraction of sp³-hybridized carbons (Fsp3) is 0.273. The van der Waals surface area contributed by atoms with Crippen molar-refractivity contribution in [3.8, 4) is 6.07 Å². The smallest absolute Gasteiger partial charge is 0.241 e. The molecule has 1 amide bonds. The summed E-state index contributed by atoms with van der Waals surface area (Å²) in [5.41, 5.74) is 0.844. The number of sulfonamides is 1. The zero-order chi connectivity index (χ0) is 13.8. The van der Waals surface area contributed by atoms with E-state index in [2.05, 4.69) is 10.0 Å². The molecule has 0 atom stereocenters. The molecule has 6 nitrogen and oxygen atoms in total. The van der Waals surface area contributed by atoms with Gasteiger partial charge in [0.25, 0.3) is 0 Å². The number of rotatable bonds is 4. The van der Waals surface area contributed by atoms with Crippen LogP contribution in [0.1, 0.15) is 11.1 Å². The van der Waals surface area contributed by atoms with Crippen molar-refractivity contribution in [1.82, 2.24) is 10.0 Å². The molecule has 0 aliphatic rings. The van der Waals surface area contributed by atoms with Gasteiger partial charge in [0.05, 0.1) is 23.1 Å². The summed E-state index contributed by atoms with van der Waals surface area (Å²) in [6, 6.07) is 6.17. The van der Waals surface area contributed by atoms with Gasteiger partial charge in [-0.3, -0.25) is 4.79 Å². The van der Waals surface area contributed by atoms with E-state index in [0.29, 0.717) is 11.1 Å². The van der Waals surface area contributed by atoms with Gasteiger partial charge in [0, 0.05) is 7.05 Å². The highest BCUT2D eigenvalue weighted by Crippen LogP contribution is 2.15. The van der Waals surface area contributed by atoms with Crippen LogP contribution >= 0.6 is 0 Å². The molecule has 0 saturated heterocycles. The van der Waals surface area contributed by atoms with Crippen LogP contribution in [-0.4, -0.2) is 27.9 Å². The highest BCUT2D eigenvalue weighted by Gasteiger charge is 2.17. The minimum atomic E-state index is -3.74. The third-order valence-corrected chi connectivity index (χ3v) is 3.86. The van der Waals surface area contributed by atoms with Crippen molar-refractivity contribution in [1.29, 1.82) is 5.26 Å². The zero-order valence-electron chi connectivity index (χ0n) is 10.0. The summed E-state index contributed by atoms with van der Waals surface area (Å²) in [5.74, 6) is -0.426. The van der Waals surface area contributed by atoms with Gasteiger partial charge < -0.3 is 5.32 Å². The maximum absolute atomic E-state index is 11.9. The molecule has 0 radical (unpaired) electrons. The number of nitriles is 1. The van der Waals surface area contributed by atoms with E-state index in [9.17, 15) is 13.2 Å². The largest absolute Gasteiger partial charge is 0.358 e. The van der Waals surface area contributed by atoms with Crippen LogP contribution in [0.25, 0.3) is 0 Å². The van der Waals surface area contributed by atoms with Gasteiger partial charge in [0.1, 0.15) is 0 Å². The Morgan fingerprint density at radius 2 is 2.11 bits per heavy atom. The summed E-state index contributed by atoms with van der Waals surface area (Å²) in [6.07, 6.45) is 0. The average molecular weight is 267 g/mol. The Kier molecular flexibility index (Phi) is 4.42. The summed E-state index contributed by atoms with van der Waals surface area (Å²) >= 11 is 0. The predicted molar refractivity (Wildman–Crippen MR) is 65.1 cm³/mol. The molecule has 1 rings (SSSR count). The standard InChI is InChI=1S/C11H13N3O3S/c1-8-5-9(6-12)3-4-10(8)18(16,17)14-7-11(15)13-2/h3-5,14H,7H2,1-2H3,(H,13,15). The summed E-state index contributed by atoms with van der Waals surface area (Å²) in [5, 5.41) is 11.0. The lowest BCUT2D eigenvalue weighted by atomic mass is 10.2. The highest BCUT2D eigenvalue weighted by atomic mass is 32.2. The van der Waals surface area contributed by atoms with Crippen molar-refractivity contribution in [2.24, 2.45) is 0 Å². The second kappa shape index (κ2) is 5.62. The normalized spacial score (nSPS) is 10.7. The number of likely N-dealkylation sites (N-methyl/N-ethyl adjacent to an activating group) is 1. The van der Waals surface area contributed by atoms with Gasteiger partial charge in [-0.25, -0.2) is 13.1 Å². The molecular weight excluding hydrogens is 254 g/mol. The van der Waals surface area contributed by atoms with Crippen LogP contribution in [0.5, 0.6) is 0 Å². The predicted octanol–water partition coefficient (Wildman–Crippen LogP) is -0.109. The molecule has 96 valence electrons. The lowest BCUT2D eigenvalue weighted by Crippen LogP contribution is -2.35. The Bertz CT molecular complexity index is 602. The van der Waals surface area contributed by atoms with E-state index in [1.165, 1.54) is 25.2 Å². The van der Waals surface area contributed by atoms with Crippen molar-refractivity contribution < 1.29 is 13.2 Å². The number of carbonyl (C=O) groups excluding carboxylic acids is 1. The molecule has 2 N–H and O–H groups in total. The molecule has 0 saturated carbocycles. The minimum absolute atomic E-state index is 0.0606. The van der Waals surface area contributed by atoms with Crippen molar-refractivity contribution in [2.75, 3.05) is 13.6 Å². The van der Waals surface area contributed by atoms with Gasteiger partial charge in [-0.15, -0.1) is 0 Å². The number of amides is 1. The third kappa shape index (κ3) is 3.29. The third-order valence-electron chi connectivity index (χ3n) is 2.30. The number of hydrogen-bond acceptors (Lipinski definition) is 4. The molecule has 0 heterocycles. The van der Waals surface area contributed by atoms with Gasteiger partial charge in [-0.1, -0.05) is 0 Å². The number of benzene rings is 1. The van der Waals surface area contributed by atoms with Crippen LogP contribution in [-0.2, 0) is 14.8 Å². The molecule has 1 aromatic rings. The second-order valence-electron chi connectivity index (χ2n) is 3.59. The first-order valence-electron chi connectivity index (χ1n) is 5.11. The van der Waals surface area contributed by atoms with Gasteiger partial charge in [-0.2, -0.15) is 5.26 Å². The lowest BCUT2D eigenvalue weighted by molar-refractivity contribution is -0.119. The van der Waals surface area contributed by atoms with E-state index in [-0.39, 0.29) is 11.4 Å². The molecule has 0 unspecified atom stereocenters. The molecule has 0 bridgehead atoms. The maximum atomic E-state index is 11.9. The van der Waals surface area contributed by atoms with Crippen LogP contribution in [0.2, 0.25) is 0 Å². The summed E-state index contributed by atoms with van der Waals surface area (Å²) in [4.78, 5) is 11.1. The summed E-state index contributed by atoms with van der Waals surface area (Å²) < 4.78 is 26.0. The molecule has 18 heavy (non-hydrogen) atoms. The number of carbonyl (C=O) groups is 1. The van der Waals surface area contributed by atoms with Crippen LogP contribution in [0.3, 0.4) is 0 Å². The summed E-state index contributed by atoms with van der Waals surface area (Å²) in [7, 11) is -2.32. The van der Waals surface area contributed by atoms with Crippen LogP contribution < -0.4 is 10.0 Å². The van der Waals surface area contributed by atoms with Crippen LogP contribution in [0.4, 0.5) is 0 Å². The Morgan fingerprint density at radius 1 is 1.44 bits per heavy atom. The van der Waals surface area contributed by atoms with E-state index >= 15 is 0 Å². The van der Waals surface area contributed by atoms with E-state index in [0.717, 1.165) is 0 Å². The monoisotopic (exact) mass is 267 g/mol. The molecule has 0 aliphatic heterocycles. The summed E-state index contributed by atoms with van der Waals surface area (Å²) in [6.45, 7) is 1.27. The molecule has 1 aromatic carbocycles. The number of aryl methyl sites for hydroxylation is 1. The quantitative estimate of drug-likeness (QED) is 0.795. The SMILES string of the molecule is CNC(=O)CNS(=O)(=O)c1ccc(C#N)cc1C. The van der Waals surface area contributed by atoms with Crippen molar-refractivity contribution in [3.05, 3.63) is 29.3 Å². The minimum Gasteiger partial charge on any atom is -0.358 e. The zero-order valence-corrected chi connectivity index (χ0v) is 10.8.